The van der Waals surface area contributed by atoms with E-state index in [-0.39, 0.29) is 24.0 Å². The van der Waals surface area contributed by atoms with Gasteiger partial charge in [-0.15, -0.1) is 0 Å². The smallest absolute Gasteiger partial charge is 0.416 e. The topological polar surface area (TPSA) is 73.6 Å². The molecule has 1 unspecified atom stereocenters. The highest BCUT2D eigenvalue weighted by molar-refractivity contribution is 5.95. The van der Waals surface area contributed by atoms with Crippen molar-refractivity contribution in [2.75, 3.05) is 26.4 Å². The van der Waals surface area contributed by atoms with Gasteiger partial charge in [-0.3, -0.25) is 4.79 Å². The van der Waals surface area contributed by atoms with E-state index in [1.165, 1.54) is 0 Å². The number of hydrogen-bond donors (Lipinski definition) is 2. The predicted molar refractivity (Wildman–Crippen MR) is 68.1 cm³/mol. The molecule has 1 aromatic carbocycles. The molecule has 2 rings (SSSR count). The van der Waals surface area contributed by atoms with Crippen LogP contribution in [0.2, 0.25) is 0 Å². The van der Waals surface area contributed by atoms with Crippen molar-refractivity contribution in [3.63, 3.8) is 0 Å². The lowest BCUT2D eigenvalue weighted by atomic mass is 10.1. The molecule has 1 atom stereocenters. The van der Waals surface area contributed by atoms with Gasteiger partial charge in [-0.2, -0.15) is 13.2 Å². The Morgan fingerprint density at radius 2 is 2.24 bits per heavy atom. The number of rotatable bonds is 4. The van der Waals surface area contributed by atoms with E-state index in [0.717, 1.165) is 12.1 Å². The fraction of sp³-hybridized carbons (Fsp3) is 0.462. The number of hydrogen-bond acceptors (Lipinski definition) is 4. The number of morpholine rings is 1. The van der Waals surface area contributed by atoms with Crippen LogP contribution in [0.3, 0.4) is 0 Å². The molecule has 5 nitrogen and oxygen atoms in total. The van der Waals surface area contributed by atoms with Crippen LogP contribution in [0.4, 0.5) is 13.2 Å². The lowest BCUT2D eigenvalue weighted by Gasteiger charge is -2.24. The lowest BCUT2D eigenvalue weighted by Crippen LogP contribution is -2.44. The summed E-state index contributed by atoms with van der Waals surface area (Å²) in [5.41, 5.74) is 3.88. The van der Waals surface area contributed by atoms with E-state index >= 15 is 0 Å². The maximum absolute atomic E-state index is 12.6. The van der Waals surface area contributed by atoms with E-state index in [1.807, 2.05) is 0 Å². The van der Waals surface area contributed by atoms with Crippen LogP contribution in [-0.2, 0) is 10.9 Å². The van der Waals surface area contributed by atoms with Crippen LogP contribution in [0.15, 0.2) is 18.2 Å². The zero-order valence-corrected chi connectivity index (χ0v) is 11.1. The highest BCUT2D eigenvalue weighted by atomic mass is 19.4. The molecule has 0 aromatic heterocycles. The normalized spacial score (nSPS) is 19.3. The Morgan fingerprint density at radius 1 is 1.48 bits per heavy atom. The molecule has 1 saturated heterocycles. The highest BCUT2D eigenvalue weighted by Crippen LogP contribution is 2.32. The third-order valence-corrected chi connectivity index (χ3v) is 3.01. The van der Waals surface area contributed by atoms with Crippen molar-refractivity contribution in [3.05, 3.63) is 29.3 Å². The SMILES string of the molecule is NC(=O)c1cc(C(F)(F)F)ccc1OCC1COCCN1. The van der Waals surface area contributed by atoms with Gasteiger partial charge in [0.1, 0.15) is 12.4 Å². The van der Waals surface area contributed by atoms with E-state index in [1.54, 1.807) is 0 Å². The lowest BCUT2D eigenvalue weighted by molar-refractivity contribution is -0.137. The molecular formula is C13H15F3N2O3. The number of halogens is 3. The summed E-state index contributed by atoms with van der Waals surface area (Å²) in [6.07, 6.45) is -4.54. The van der Waals surface area contributed by atoms with Gasteiger partial charge in [-0.1, -0.05) is 0 Å². The van der Waals surface area contributed by atoms with Gasteiger partial charge in [0.25, 0.3) is 5.91 Å². The minimum Gasteiger partial charge on any atom is -0.491 e. The van der Waals surface area contributed by atoms with Crippen LogP contribution in [-0.4, -0.2) is 38.3 Å². The van der Waals surface area contributed by atoms with E-state index in [2.05, 4.69) is 5.32 Å². The summed E-state index contributed by atoms with van der Waals surface area (Å²) in [6, 6.07) is 2.57. The molecule has 21 heavy (non-hydrogen) atoms. The van der Waals surface area contributed by atoms with Crippen molar-refractivity contribution in [1.29, 1.82) is 0 Å². The van der Waals surface area contributed by atoms with Gasteiger partial charge in [-0.05, 0) is 18.2 Å². The molecule has 0 bridgehead atoms. The maximum atomic E-state index is 12.6. The Hall–Kier alpha value is -1.80. The first-order valence-electron chi connectivity index (χ1n) is 6.33. The quantitative estimate of drug-likeness (QED) is 0.876. The van der Waals surface area contributed by atoms with Crippen LogP contribution in [0, 0.1) is 0 Å². The zero-order chi connectivity index (χ0) is 15.5. The van der Waals surface area contributed by atoms with Gasteiger partial charge in [-0.25, -0.2) is 0 Å². The molecule has 1 aliphatic rings. The Balaban J connectivity index is 2.12. The first-order chi connectivity index (χ1) is 9.88. The molecule has 0 radical (unpaired) electrons. The largest absolute Gasteiger partial charge is 0.491 e. The summed E-state index contributed by atoms with van der Waals surface area (Å²) in [5, 5.41) is 3.13. The summed E-state index contributed by atoms with van der Waals surface area (Å²) in [4.78, 5) is 11.3. The van der Waals surface area contributed by atoms with Gasteiger partial charge >= 0.3 is 6.18 Å². The number of ether oxygens (including phenoxy) is 2. The van der Waals surface area contributed by atoms with Gasteiger partial charge in [0, 0.05) is 6.54 Å². The molecule has 116 valence electrons. The third kappa shape index (κ3) is 4.08. The van der Waals surface area contributed by atoms with Crippen molar-refractivity contribution < 1.29 is 27.4 Å². The van der Waals surface area contributed by atoms with Crippen molar-refractivity contribution >= 4 is 5.91 Å². The standard InChI is InChI=1S/C13H15F3N2O3/c14-13(15,16)8-1-2-11(10(5-8)12(17)19)21-7-9-6-20-4-3-18-9/h1-2,5,9,18H,3-4,6-7H2,(H2,17,19). The molecule has 8 heteroatoms. The van der Waals surface area contributed by atoms with Gasteiger partial charge in [0.15, 0.2) is 0 Å². The van der Waals surface area contributed by atoms with Crippen LogP contribution < -0.4 is 15.8 Å². The third-order valence-electron chi connectivity index (χ3n) is 3.01. The maximum Gasteiger partial charge on any atom is 0.416 e. The first kappa shape index (κ1) is 15.6. The average molecular weight is 304 g/mol. The van der Waals surface area contributed by atoms with E-state index in [9.17, 15) is 18.0 Å². The Morgan fingerprint density at radius 3 is 2.81 bits per heavy atom. The second-order valence-corrected chi connectivity index (χ2v) is 4.61. The number of alkyl halides is 3. The van der Waals surface area contributed by atoms with Crippen LogP contribution >= 0.6 is 0 Å². The predicted octanol–water partition coefficient (Wildman–Crippen LogP) is 1.17. The fourth-order valence-corrected chi connectivity index (χ4v) is 1.94. The number of amides is 1. The van der Waals surface area contributed by atoms with Crippen molar-refractivity contribution in [2.24, 2.45) is 5.73 Å². The van der Waals surface area contributed by atoms with Gasteiger partial charge in [0.05, 0.1) is 30.4 Å². The minimum absolute atomic E-state index is 0.0304. The van der Waals surface area contributed by atoms with Crippen molar-refractivity contribution in [3.8, 4) is 5.75 Å². The molecule has 1 heterocycles. The Labute approximate surface area is 119 Å². The molecular weight excluding hydrogens is 289 g/mol. The second kappa shape index (κ2) is 6.31. The van der Waals surface area contributed by atoms with Crippen LogP contribution in [0.5, 0.6) is 5.75 Å². The number of nitrogens with one attached hydrogen (secondary N) is 1. The van der Waals surface area contributed by atoms with Gasteiger partial charge in [0.2, 0.25) is 0 Å². The summed E-state index contributed by atoms with van der Waals surface area (Å²) in [7, 11) is 0. The number of carbonyl (C=O) groups is 1. The van der Waals surface area contributed by atoms with Crippen LogP contribution in [0.25, 0.3) is 0 Å². The second-order valence-electron chi connectivity index (χ2n) is 4.61. The Kier molecular flexibility index (Phi) is 4.69. The van der Waals surface area contributed by atoms with Gasteiger partial charge < -0.3 is 20.5 Å². The van der Waals surface area contributed by atoms with E-state index in [4.69, 9.17) is 15.2 Å². The summed E-state index contributed by atoms with van der Waals surface area (Å²) in [6.45, 7) is 1.88. The van der Waals surface area contributed by atoms with E-state index in [0.29, 0.717) is 25.8 Å². The molecule has 1 aliphatic heterocycles. The number of nitrogens with two attached hydrogens (primary N) is 1. The Bertz CT molecular complexity index is 514. The summed E-state index contributed by atoms with van der Waals surface area (Å²) >= 11 is 0. The molecule has 1 fully saturated rings. The van der Waals surface area contributed by atoms with Crippen LogP contribution in [0.1, 0.15) is 15.9 Å². The average Bonchev–Trinajstić information content (AvgIpc) is 2.45. The summed E-state index contributed by atoms with van der Waals surface area (Å²) < 4.78 is 48.5. The summed E-state index contributed by atoms with van der Waals surface area (Å²) in [5.74, 6) is -0.938. The molecule has 1 amide bonds. The first-order valence-corrected chi connectivity index (χ1v) is 6.33. The molecule has 0 spiro atoms. The van der Waals surface area contributed by atoms with Crippen molar-refractivity contribution in [2.45, 2.75) is 12.2 Å². The number of primary amides is 1. The number of benzene rings is 1. The number of carbonyl (C=O) groups excluding carboxylic acids is 1. The minimum atomic E-state index is -4.54. The fourth-order valence-electron chi connectivity index (χ4n) is 1.94. The van der Waals surface area contributed by atoms with E-state index < -0.39 is 17.6 Å². The monoisotopic (exact) mass is 304 g/mol. The molecule has 1 aromatic rings. The van der Waals surface area contributed by atoms with Crippen molar-refractivity contribution in [1.82, 2.24) is 5.32 Å². The zero-order valence-electron chi connectivity index (χ0n) is 11.1. The molecule has 0 aliphatic carbocycles. The molecule has 0 saturated carbocycles. The molecule has 3 N–H and O–H groups in total. The highest BCUT2D eigenvalue weighted by Gasteiger charge is 2.32.